The van der Waals surface area contributed by atoms with Crippen molar-refractivity contribution in [1.29, 1.82) is 0 Å². The van der Waals surface area contributed by atoms with Crippen LogP contribution < -0.4 is 4.74 Å². The molecule has 0 fully saturated rings. The molecule has 0 saturated carbocycles. The van der Waals surface area contributed by atoms with Crippen molar-refractivity contribution in [2.24, 2.45) is 0 Å². The first-order valence-electron chi connectivity index (χ1n) is 2.70. The van der Waals surface area contributed by atoms with Crippen LogP contribution in [-0.2, 0) is 0 Å². The van der Waals surface area contributed by atoms with Gasteiger partial charge in [-0.2, -0.15) is 0 Å². The van der Waals surface area contributed by atoms with Crippen LogP contribution in [0.4, 0.5) is 0 Å². The molecular formula is C6H4BrCl2NO. The van der Waals surface area contributed by atoms with Gasteiger partial charge in [-0.1, -0.05) is 23.2 Å². The summed E-state index contributed by atoms with van der Waals surface area (Å²) in [5.74, 6) is 0.569. The lowest BCUT2D eigenvalue weighted by molar-refractivity contribution is 0.410. The SMILES string of the molecule is COc1cc(Cl)c(Cl)nc1Br. The van der Waals surface area contributed by atoms with E-state index in [4.69, 9.17) is 27.9 Å². The summed E-state index contributed by atoms with van der Waals surface area (Å²) in [5.41, 5.74) is 0. The molecule has 0 aliphatic heterocycles. The summed E-state index contributed by atoms with van der Waals surface area (Å²) in [5, 5.41) is 0.644. The van der Waals surface area contributed by atoms with Crippen molar-refractivity contribution in [2.45, 2.75) is 0 Å². The Morgan fingerprint density at radius 1 is 1.55 bits per heavy atom. The smallest absolute Gasteiger partial charge is 0.153 e. The molecule has 0 aromatic carbocycles. The lowest BCUT2D eigenvalue weighted by Crippen LogP contribution is -1.87. The van der Waals surface area contributed by atoms with E-state index >= 15 is 0 Å². The zero-order valence-electron chi connectivity index (χ0n) is 5.57. The van der Waals surface area contributed by atoms with Gasteiger partial charge < -0.3 is 4.74 Å². The Bertz CT molecular complexity index is 280. The fourth-order valence-electron chi connectivity index (χ4n) is 0.572. The van der Waals surface area contributed by atoms with Crippen LogP contribution in [0, 0.1) is 0 Å². The van der Waals surface area contributed by atoms with Gasteiger partial charge in [0.15, 0.2) is 5.75 Å². The second kappa shape index (κ2) is 3.61. The van der Waals surface area contributed by atoms with Gasteiger partial charge in [0.1, 0.15) is 9.76 Å². The molecular weight excluding hydrogens is 253 g/mol. The number of pyridine rings is 1. The number of halogens is 3. The molecule has 2 nitrogen and oxygen atoms in total. The molecule has 0 aliphatic rings. The van der Waals surface area contributed by atoms with Crippen molar-refractivity contribution < 1.29 is 4.74 Å². The fourth-order valence-corrected chi connectivity index (χ4v) is 1.41. The normalized spacial score (nSPS) is 9.82. The van der Waals surface area contributed by atoms with Crippen LogP contribution in [0.3, 0.4) is 0 Å². The predicted octanol–water partition coefficient (Wildman–Crippen LogP) is 3.16. The lowest BCUT2D eigenvalue weighted by atomic mass is 10.5. The molecule has 0 amide bonds. The first kappa shape index (κ1) is 9.10. The Labute approximate surface area is 82.6 Å². The van der Waals surface area contributed by atoms with E-state index in [1.807, 2.05) is 0 Å². The highest BCUT2D eigenvalue weighted by molar-refractivity contribution is 9.10. The van der Waals surface area contributed by atoms with Gasteiger partial charge in [-0.05, 0) is 15.9 Å². The minimum Gasteiger partial charge on any atom is -0.494 e. The van der Waals surface area contributed by atoms with Crippen LogP contribution in [0.5, 0.6) is 5.75 Å². The average Bonchev–Trinajstić information content (AvgIpc) is 1.97. The largest absolute Gasteiger partial charge is 0.494 e. The van der Waals surface area contributed by atoms with Crippen LogP contribution in [-0.4, -0.2) is 12.1 Å². The Morgan fingerprint density at radius 2 is 2.18 bits per heavy atom. The van der Waals surface area contributed by atoms with Gasteiger partial charge in [-0.25, -0.2) is 4.98 Å². The third-order valence-corrected chi connectivity index (χ3v) is 2.32. The first-order chi connectivity index (χ1) is 5.15. The average molecular weight is 257 g/mol. The zero-order chi connectivity index (χ0) is 8.43. The Kier molecular flexibility index (Phi) is 2.98. The van der Waals surface area contributed by atoms with Gasteiger partial charge in [0.2, 0.25) is 0 Å². The van der Waals surface area contributed by atoms with E-state index < -0.39 is 0 Å². The zero-order valence-corrected chi connectivity index (χ0v) is 8.66. The molecule has 0 spiro atoms. The topological polar surface area (TPSA) is 22.1 Å². The van der Waals surface area contributed by atoms with Crippen molar-refractivity contribution in [2.75, 3.05) is 7.11 Å². The Balaban J connectivity index is 3.21. The number of methoxy groups -OCH3 is 1. The molecule has 0 unspecified atom stereocenters. The van der Waals surface area contributed by atoms with Gasteiger partial charge in [0.25, 0.3) is 0 Å². The fraction of sp³-hybridized carbons (Fsp3) is 0.167. The quantitative estimate of drug-likeness (QED) is 0.721. The Morgan fingerprint density at radius 3 is 2.73 bits per heavy atom. The van der Waals surface area contributed by atoms with Crippen molar-refractivity contribution >= 4 is 39.1 Å². The van der Waals surface area contributed by atoms with E-state index in [-0.39, 0.29) is 5.15 Å². The highest BCUT2D eigenvalue weighted by atomic mass is 79.9. The van der Waals surface area contributed by atoms with Gasteiger partial charge in [-0.3, -0.25) is 0 Å². The summed E-state index contributed by atoms with van der Waals surface area (Å²) in [7, 11) is 1.53. The van der Waals surface area contributed by atoms with Gasteiger partial charge in [-0.15, -0.1) is 0 Å². The monoisotopic (exact) mass is 255 g/mol. The molecule has 5 heteroatoms. The summed E-state index contributed by atoms with van der Waals surface area (Å²) in [6.45, 7) is 0. The lowest BCUT2D eigenvalue weighted by Gasteiger charge is -2.02. The highest BCUT2D eigenvalue weighted by Gasteiger charge is 2.06. The molecule has 0 aliphatic carbocycles. The number of nitrogens with zero attached hydrogens (tertiary/aromatic N) is 1. The van der Waals surface area contributed by atoms with Crippen molar-refractivity contribution in [1.82, 2.24) is 4.98 Å². The van der Waals surface area contributed by atoms with Crippen LogP contribution in [0.2, 0.25) is 10.2 Å². The predicted molar refractivity (Wildman–Crippen MR) is 48.5 cm³/mol. The maximum absolute atomic E-state index is 5.67. The maximum atomic E-state index is 5.67. The standard InChI is InChI=1S/C6H4BrCl2NO/c1-11-4-2-3(8)6(9)10-5(4)7/h2H,1H3. The van der Waals surface area contributed by atoms with Crippen molar-refractivity contribution in [3.8, 4) is 5.75 Å². The van der Waals surface area contributed by atoms with Crippen LogP contribution >= 0.6 is 39.1 Å². The summed E-state index contributed by atoms with van der Waals surface area (Å²) in [6, 6.07) is 1.60. The highest BCUT2D eigenvalue weighted by Crippen LogP contribution is 2.30. The molecule has 0 saturated heterocycles. The minimum atomic E-state index is 0.263. The molecule has 1 aromatic heterocycles. The molecule has 60 valence electrons. The molecule has 0 radical (unpaired) electrons. The first-order valence-corrected chi connectivity index (χ1v) is 4.25. The summed E-state index contributed by atoms with van der Waals surface area (Å²) < 4.78 is 5.48. The molecule has 0 atom stereocenters. The number of rotatable bonds is 1. The van der Waals surface area contributed by atoms with Crippen molar-refractivity contribution in [3.63, 3.8) is 0 Å². The summed E-state index contributed by atoms with van der Waals surface area (Å²) in [6.07, 6.45) is 0. The number of ether oxygens (including phenoxy) is 1. The van der Waals surface area contributed by atoms with Crippen LogP contribution in [0.25, 0.3) is 0 Å². The minimum absolute atomic E-state index is 0.263. The number of hydrogen-bond donors (Lipinski definition) is 0. The van der Waals surface area contributed by atoms with Gasteiger partial charge in [0, 0.05) is 6.07 Å². The maximum Gasteiger partial charge on any atom is 0.153 e. The second-order valence-corrected chi connectivity index (χ2v) is 3.27. The molecule has 0 N–H and O–H groups in total. The third-order valence-electron chi connectivity index (χ3n) is 1.07. The number of aromatic nitrogens is 1. The van der Waals surface area contributed by atoms with E-state index in [1.54, 1.807) is 6.07 Å². The number of hydrogen-bond acceptors (Lipinski definition) is 2. The third kappa shape index (κ3) is 1.98. The van der Waals surface area contributed by atoms with E-state index in [2.05, 4.69) is 20.9 Å². The van der Waals surface area contributed by atoms with Crippen molar-refractivity contribution in [3.05, 3.63) is 20.8 Å². The van der Waals surface area contributed by atoms with E-state index in [0.717, 1.165) is 0 Å². The van der Waals surface area contributed by atoms with Gasteiger partial charge >= 0.3 is 0 Å². The van der Waals surface area contributed by atoms with E-state index in [0.29, 0.717) is 15.4 Å². The van der Waals surface area contributed by atoms with Crippen LogP contribution in [0.1, 0.15) is 0 Å². The molecule has 0 bridgehead atoms. The van der Waals surface area contributed by atoms with Crippen LogP contribution in [0.15, 0.2) is 10.7 Å². The molecule has 1 rings (SSSR count). The molecule has 11 heavy (non-hydrogen) atoms. The van der Waals surface area contributed by atoms with Gasteiger partial charge in [0.05, 0.1) is 12.1 Å². The second-order valence-electron chi connectivity index (χ2n) is 1.75. The van der Waals surface area contributed by atoms with E-state index in [1.165, 1.54) is 7.11 Å². The molecule has 1 aromatic rings. The Hall–Kier alpha value is 0.01000. The summed E-state index contributed by atoms with van der Waals surface area (Å²) in [4.78, 5) is 3.87. The summed E-state index contributed by atoms with van der Waals surface area (Å²) >= 11 is 14.4. The van der Waals surface area contributed by atoms with E-state index in [9.17, 15) is 0 Å². The molecule has 1 heterocycles.